The minimum Gasteiger partial charge on any atom is -0.504 e. The highest BCUT2D eigenvalue weighted by molar-refractivity contribution is 5.64. The van der Waals surface area contributed by atoms with Crippen LogP contribution in [0.3, 0.4) is 0 Å². The Morgan fingerprint density at radius 2 is 2.15 bits per heavy atom. The van der Waals surface area contributed by atoms with Crippen LogP contribution in [0.15, 0.2) is 34.9 Å². The normalized spacial score (nSPS) is 10.7. The molecule has 3 rings (SSSR count). The number of H-pyrrole nitrogens is 1. The van der Waals surface area contributed by atoms with Gasteiger partial charge in [0.25, 0.3) is 0 Å². The molecule has 0 bridgehead atoms. The van der Waals surface area contributed by atoms with Gasteiger partial charge in [-0.3, -0.25) is 5.10 Å². The van der Waals surface area contributed by atoms with E-state index in [1.54, 1.807) is 24.5 Å². The number of rotatable bonds is 3. The Kier molecular flexibility index (Phi) is 2.90. The molecule has 0 unspecified atom stereocenters. The summed E-state index contributed by atoms with van der Waals surface area (Å²) < 4.78 is 10.3. The number of hydrogen-bond donors (Lipinski definition) is 2. The number of furan rings is 1. The van der Waals surface area contributed by atoms with Crippen LogP contribution in [0.25, 0.3) is 22.8 Å². The summed E-state index contributed by atoms with van der Waals surface area (Å²) in [5.41, 5.74) is 1.62. The Labute approximate surface area is 115 Å². The Morgan fingerprint density at radius 1 is 1.30 bits per heavy atom. The molecular formula is C14H13N3O3. The molecule has 2 N–H and O–H groups in total. The predicted molar refractivity (Wildman–Crippen MR) is 72.5 cm³/mol. The molecule has 0 saturated carbocycles. The van der Waals surface area contributed by atoms with Crippen molar-refractivity contribution < 1.29 is 14.3 Å². The molecule has 0 amide bonds. The number of phenolic OH excluding ortho intramolecular Hbond substituents is 1. The number of aromatic nitrogens is 3. The largest absolute Gasteiger partial charge is 0.504 e. The van der Waals surface area contributed by atoms with Crippen LogP contribution >= 0.6 is 0 Å². The zero-order chi connectivity index (χ0) is 14.1. The Balaban J connectivity index is 2.00. The number of aromatic amines is 1. The maximum absolute atomic E-state index is 9.59. The lowest BCUT2D eigenvalue weighted by Crippen LogP contribution is -1.86. The van der Waals surface area contributed by atoms with Crippen LogP contribution in [0.4, 0.5) is 0 Å². The predicted octanol–water partition coefficient (Wildman–Crippen LogP) is 2.75. The second-order valence-electron chi connectivity index (χ2n) is 4.28. The van der Waals surface area contributed by atoms with Crippen LogP contribution in [-0.4, -0.2) is 27.4 Å². The molecule has 0 saturated heterocycles. The van der Waals surface area contributed by atoms with E-state index >= 15 is 0 Å². The first-order chi connectivity index (χ1) is 9.69. The maximum atomic E-state index is 9.59. The molecule has 0 spiro atoms. The van der Waals surface area contributed by atoms with Gasteiger partial charge in [0.05, 0.1) is 18.9 Å². The van der Waals surface area contributed by atoms with Gasteiger partial charge in [0.1, 0.15) is 5.76 Å². The summed E-state index contributed by atoms with van der Waals surface area (Å²) in [4.78, 5) is 4.43. The van der Waals surface area contributed by atoms with Crippen LogP contribution in [0.5, 0.6) is 11.5 Å². The molecule has 0 aliphatic rings. The number of ether oxygens (including phenoxy) is 1. The molecular weight excluding hydrogens is 258 g/mol. The third kappa shape index (κ3) is 2.01. The number of benzene rings is 1. The molecule has 6 nitrogen and oxygen atoms in total. The first kappa shape index (κ1) is 12.3. The second-order valence-corrected chi connectivity index (χ2v) is 4.28. The molecule has 0 aliphatic heterocycles. The Morgan fingerprint density at radius 3 is 2.85 bits per heavy atom. The molecule has 20 heavy (non-hydrogen) atoms. The number of nitrogens with zero attached hydrogens (tertiary/aromatic N) is 2. The number of nitrogens with one attached hydrogen (secondary N) is 1. The zero-order valence-electron chi connectivity index (χ0n) is 11.0. The van der Waals surface area contributed by atoms with Crippen LogP contribution in [-0.2, 0) is 0 Å². The molecule has 2 aromatic heterocycles. The van der Waals surface area contributed by atoms with Crippen molar-refractivity contribution in [2.45, 2.75) is 6.92 Å². The first-order valence-corrected chi connectivity index (χ1v) is 6.03. The van der Waals surface area contributed by atoms with Crippen molar-refractivity contribution in [3.8, 4) is 34.3 Å². The van der Waals surface area contributed by atoms with Gasteiger partial charge in [-0.25, -0.2) is 4.98 Å². The van der Waals surface area contributed by atoms with Crippen molar-refractivity contribution in [1.82, 2.24) is 15.2 Å². The SMILES string of the molecule is COc1cc(-c2n[nH]c(-c3ccoc3C)n2)ccc1O. The van der Waals surface area contributed by atoms with E-state index in [9.17, 15) is 5.11 Å². The van der Waals surface area contributed by atoms with Gasteiger partial charge >= 0.3 is 0 Å². The number of aromatic hydroxyl groups is 1. The van der Waals surface area contributed by atoms with E-state index in [-0.39, 0.29) is 5.75 Å². The van der Waals surface area contributed by atoms with E-state index in [2.05, 4.69) is 15.2 Å². The van der Waals surface area contributed by atoms with Crippen LogP contribution < -0.4 is 4.74 Å². The molecule has 0 aliphatic carbocycles. The van der Waals surface area contributed by atoms with Crippen molar-refractivity contribution in [2.75, 3.05) is 7.11 Å². The summed E-state index contributed by atoms with van der Waals surface area (Å²) in [5, 5.41) is 16.6. The highest BCUT2D eigenvalue weighted by atomic mass is 16.5. The van der Waals surface area contributed by atoms with Crippen molar-refractivity contribution in [3.63, 3.8) is 0 Å². The van der Waals surface area contributed by atoms with E-state index in [1.165, 1.54) is 7.11 Å². The lowest BCUT2D eigenvalue weighted by molar-refractivity contribution is 0.373. The van der Waals surface area contributed by atoms with Crippen LogP contribution in [0, 0.1) is 6.92 Å². The van der Waals surface area contributed by atoms with E-state index in [4.69, 9.17) is 9.15 Å². The topological polar surface area (TPSA) is 84.2 Å². The van der Waals surface area contributed by atoms with Gasteiger partial charge in [0.15, 0.2) is 23.1 Å². The molecule has 0 radical (unpaired) electrons. The average molecular weight is 271 g/mol. The maximum Gasteiger partial charge on any atom is 0.181 e. The summed E-state index contributed by atoms with van der Waals surface area (Å²) in [6.45, 7) is 1.86. The molecule has 102 valence electrons. The van der Waals surface area contributed by atoms with Crippen molar-refractivity contribution >= 4 is 0 Å². The summed E-state index contributed by atoms with van der Waals surface area (Å²) in [6.07, 6.45) is 1.61. The number of methoxy groups -OCH3 is 1. The van der Waals surface area contributed by atoms with E-state index < -0.39 is 0 Å². The highest BCUT2D eigenvalue weighted by Gasteiger charge is 2.13. The Hall–Kier alpha value is -2.76. The molecule has 2 heterocycles. The standard InChI is InChI=1S/C14H13N3O3/c1-8-10(5-6-20-8)14-15-13(16-17-14)9-3-4-11(18)12(7-9)19-2/h3-7,18H,1-2H3,(H,15,16,17). The Bertz CT molecular complexity index is 746. The third-order valence-corrected chi connectivity index (χ3v) is 3.04. The lowest BCUT2D eigenvalue weighted by Gasteiger charge is -2.03. The monoisotopic (exact) mass is 271 g/mol. The van der Waals surface area contributed by atoms with Crippen molar-refractivity contribution in [2.24, 2.45) is 0 Å². The summed E-state index contributed by atoms with van der Waals surface area (Å²) in [7, 11) is 1.50. The van der Waals surface area contributed by atoms with E-state index in [0.29, 0.717) is 17.4 Å². The van der Waals surface area contributed by atoms with Gasteiger partial charge in [0, 0.05) is 5.56 Å². The minimum absolute atomic E-state index is 0.0812. The summed E-state index contributed by atoms with van der Waals surface area (Å²) >= 11 is 0. The van der Waals surface area contributed by atoms with E-state index in [1.807, 2.05) is 13.0 Å². The van der Waals surface area contributed by atoms with Crippen LogP contribution in [0.2, 0.25) is 0 Å². The fourth-order valence-corrected chi connectivity index (χ4v) is 1.96. The van der Waals surface area contributed by atoms with Gasteiger partial charge in [-0.2, -0.15) is 5.10 Å². The molecule has 1 aromatic carbocycles. The van der Waals surface area contributed by atoms with Crippen LogP contribution in [0.1, 0.15) is 5.76 Å². The van der Waals surface area contributed by atoms with Gasteiger partial charge < -0.3 is 14.3 Å². The smallest absolute Gasteiger partial charge is 0.181 e. The summed E-state index contributed by atoms with van der Waals surface area (Å²) in [6, 6.07) is 6.79. The molecule has 3 aromatic rings. The number of aryl methyl sites for hydroxylation is 1. The minimum atomic E-state index is 0.0812. The van der Waals surface area contributed by atoms with Gasteiger partial charge in [-0.05, 0) is 31.2 Å². The molecule has 0 atom stereocenters. The van der Waals surface area contributed by atoms with Gasteiger partial charge in [-0.1, -0.05) is 0 Å². The third-order valence-electron chi connectivity index (χ3n) is 3.04. The average Bonchev–Trinajstić information content (AvgIpc) is 3.08. The quantitative estimate of drug-likeness (QED) is 0.765. The zero-order valence-corrected chi connectivity index (χ0v) is 11.0. The summed E-state index contributed by atoms with van der Waals surface area (Å²) in [5.74, 6) is 2.40. The first-order valence-electron chi connectivity index (χ1n) is 6.03. The van der Waals surface area contributed by atoms with Crippen molar-refractivity contribution in [3.05, 3.63) is 36.3 Å². The lowest BCUT2D eigenvalue weighted by atomic mass is 10.2. The fraction of sp³-hybridized carbons (Fsp3) is 0.143. The van der Waals surface area contributed by atoms with Crippen molar-refractivity contribution in [1.29, 1.82) is 0 Å². The highest BCUT2D eigenvalue weighted by Crippen LogP contribution is 2.31. The fourth-order valence-electron chi connectivity index (χ4n) is 1.96. The van der Waals surface area contributed by atoms with Gasteiger partial charge in [-0.15, -0.1) is 0 Å². The molecule has 6 heteroatoms. The van der Waals surface area contributed by atoms with E-state index in [0.717, 1.165) is 16.9 Å². The van der Waals surface area contributed by atoms with Gasteiger partial charge in [0.2, 0.25) is 0 Å². The second kappa shape index (κ2) is 4.73. The molecule has 0 fully saturated rings. The number of phenols is 1. The number of hydrogen-bond acceptors (Lipinski definition) is 5.